The van der Waals surface area contributed by atoms with Crippen molar-refractivity contribution in [1.29, 1.82) is 0 Å². The Labute approximate surface area is 207 Å². The summed E-state index contributed by atoms with van der Waals surface area (Å²) in [6.07, 6.45) is 1.84. The first-order chi connectivity index (χ1) is 15.7. The molecule has 0 aliphatic carbocycles. The summed E-state index contributed by atoms with van der Waals surface area (Å²) in [6, 6.07) is 10.0. The van der Waals surface area contributed by atoms with Gasteiger partial charge in [-0.2, -0.15) is 0 Å². The van der Waals surface area contributed by atoms with E-state index in [0.29, 0.717) is 28.2 Å². The van der Waals surface area contributed by atoms with Gasteiger partial charge in [0.15, 0.2) is 16.7 Å². The Kier molecular flexibility index (Phi) is 8.59. The van der Waals surface area contributed by atoms with Crippen molar-refractivity contribution in [2.45, 2.75) is 53.3 Å². The predicted octanol–water partition coefficient (Wildman–Crippen LogP) is 6.66. The van der Waals surface area contributed by atoms with Gasteiger partial charge in [-0.05, 0) is 87.8 Å². The number of benzene rings is 2. The molecule has 0 N–H and O–H groups in total. The second-order valence-corrected chi connectivity index (χ2v) is 9.92. The summed E-state index contributed by atoms with van der Waals surface area (Å²) in [5.41, 5.74) is 1.51. The van der Waals surface area contributed by atoms with Crippen molar-refractivity contribution in [3.8, 4) is 11.5 Å². The third kappa shape index (κ3) is 6.38. The molecule has 0 radical (unpaired) electrons. The summed E-state index contributed by atoms with van der Waals surface area (Å²) in [5.74, 6) is 0.715. The molecule has 8 heteroatoms. The van der Waals surface area contributed by atoms with Gasteiger partial charge < -0.3 is 9.47 Å². The smallest absolute Gasteiger partial charge is 0.266 e. The fraction of sp³-hybridized carbons (Fsp3) is 0.360. The van der Waals surface area contributed by atoms with Crippen LogP contribution in [0.25, 0.3) is 6.08 Å². The molecule has 1 amide bonds. The lowest BCUT2D eigenvalue weighted by molar-refractivity contribution is -0.123. The van der Waals surface area contributed by atoms with Crippen LogP contribution in [0.1, 0.15) is 45.7 Å². The Hall–Kier alpha value is -2.32. The summed E-state index contributed by atoms with van der Waals surface area (Å²) in [4.78, 5) is 20.0. The summed E-state index contributed by atoms with van der Waals surface area (Å²) in [6.45, 7) is 10.5. The van der Waals surface area contributed by atoms with Gasteiger partial charge in [0.25, 0.3) is 5.91 Å². The summed E-state index contributed by atoms with van der Waals surface area (Å²) in [5, 5.41) is 0.715. The maximum Gasteiger partial charge on any atom is 0.266 e. The van der Waals surface area contributed by atoms with Crippen LogP contribution in [0.2, 0.25) is 0 Å². The molecule has 1 heterocycles. The van der Waals surface area contributed by atoms with Crippen LogP contribution in [-0.2, 0) is 11.4 Å². The molecule has 1 aliphatic heterocycles. The minimum absolute atomic E-state index is 0.00873. The molecule has 33 heavy (non-hydrogen) atoms. The highest BCUT2D eigenvalue weighted by molar-refractivity contribution is 9.10. The highest BCUT2D eigenvalue weighted by Crippen LogP contribution is 2.39. The monoisotopic (exact) mass is 534 g/mol. The molecule has 0 atom stereocenters. The molecule has 2 aromatic carbocycles. The van der Waals surface area contributed by atoms with Gasteiger partial charge in [0.05, 0.1) is 11.5 Å². The van der Waals surface area contributed by atoms with E-state index in [0.717, 1.165) is 15.6 Å². The van der Waals surface area contributed by atoms with Crippen molar-refractivity contribution >= 4 is 44.8 Å². The number of rotatable bonds is 8. The molecule has 0 unspecified atom stereocenters. The zero-order valence-electron chi connectivity index (χ0n) is 19.4. The third-order valence-electron chi connectivity index (χ3n) is 4.65. The number of carbonyl (C=O) groups is 1. The zero-order valence-corrected chi connectivity index (χ0v) is 21.8. The number of halogens is 2. The molecule has 176 valence electrons. The van der Waals surface area contributed by atoms with Crippen molar-refractivity contribution in [2.75, 3.05) is 6.61 Å². The fourth-order valence-electron chi connectivity index (χ4n) is 3.22. The fourth-order valence-corrected chi connectivity index (χ4v) is 4.89. The average Bonchev–Trinajstić information content (AvgIpc) is 3.03. The van der Waals surface area contributed by atoms with E-state index in [1.165, 1.54) is 23.9 Å². The van der Waals surface area contributed by atoms with Crippen molar-refractivity contribution in [3.63, 3.8) is 0 Å². The van der Waals surface area contributed by atoms with E-state index in [9.17, 15) is 9.18 Å². The predicted molar refractivity (Wildman–Crippen MR) is 136 cm³/mol. The summed E-state index contributed by atoms with van der Waals surface area (Å²) in [7, 11) is 0. The van der Waals surface area contributed by atoms with E-state index in [-0.39, 0.29) is 30.4 Å². The number of ether oxygens (including phenoxy) is 2. The summed E-state index contributed by atoms with van der Waals surface area (Å²) < 4.78 is 25.9. The molecule has 0 spiro atoms. The van der Waals surface area contributed by atoms with Crippen LogP contribution in [0, 0.1) is 5.82 Å². The lowest BCUT2D eigenvalue weighted by Crippen LogP contribution is -2.35. The average molecular weight is 535 g/mol. The minimum Gasteiger partial charge on any atom is -0.490 e. The number of hydrogen-bond donors (Lipinski definition) is 0. The molecule has 1 fully saturated rings. The van der Waals surface area contributed by atoms with Gasteiger partial charge in [0, 0.05) is 16.6 Å². The van der Waals surface area contributed by atoms with E-state index in [2.05, 4.69) is 20.9 Å². The van der Waals surface area contributed by atoms with Crippen molar-refractivity contribution in [3.05, 3.63) is 62.7 Å². The molecule has 1 saturated heterocycles. The van der Waals surface area contributed by atoms with Crippen LogP contribution in [-0.4, -0.2) is 34.7 Å². The standard InChI is InChI=1S/C25H28BrFN2O3S/c1-6-31-21-11-18(12-23-24(30)29(16(4)5)25(33-23)28-15(2)3)20(26)13-22(21)32-14-17-8-7-9-19(27)10-17/h7-13,15-16H,6,14H2,1-5H3/b23-12+,28-25?. The van der Waals surface area contributed by atoms with E-state index in [1.807, 2.05) is 52.8 Å². The Morgan fingerprint density at radius 3 is 2.52 bits per heavy atom. The second-order valence-electron chi connectivity index (χ2n) is 8.06. The highest BCUT2D eigenvalue weighted by Gasteiger charge is 2.35. The maximum absolute atomic E-state index is 13.5. The van der Waals surface area contributed by atoms with Crippen molar-refractivity contribution in [2.24, 2.45) is 4.99 Å². The molecule has 2 aromatic rings. The van der Waals surface area contributed by atoms with E-state index in [1.54, 1.807) is 17.0 Å². The van der Waals surface area contributed by atoms with Crippen LogP contribution in [0.15, 0.2) is 50.8 Å². The lowest BCUT2D eigenvalue weighted by Gasteiger charge is -2.20. The molecule has 0 saturated carbocycles. The molecule has 0 bridgehead atoms. The van der Waals surface area contributed by atoms with Gasteiger partial charge in [-0.15, -0.1) is 0 Å². The van der Waals surface area contributed by atoms with Crippen LogP contribution in [0.4, 0.5) is 4.39 Å². The SMILES string of the molecule is CCOc1cc(/C=C2/SC(=NC(C)C)N(C(C)C)C2=O)c(Br)cc1OCc1cccc(F)c1. The van der Waals surface area contributed by atoms with E-state index < -0.39 is 0 Å². The van der Waals surface area contributed by atoms with Gasteiger partial charge in [-0.3, -0.25) is 14.7 Å². The normalized spacial score (nSPS) is 16.5. The number of aliphatic imine (C=N–C) groups is 1. The van der Waals surface area contributed by atoms with Gasteiger partial charge in [-0.25, -0.2) is 4.39 Å². The van der Waals surface area contributed by atoms with Crippen LogP contribution in [0.3, 0.4) is 0 Å². The molecule has 1 aliphatic rings. The van der Waals surface area contributed by atoms with E-state index >= 15 is 0 Å². The van der Waals surface area contributed by atoms with Crippen molar-refractivity contribution < 1.29 is 18.7 Å². The Balaban J connectivity index is 1.91. The Morgan fingerprint density at radius 2 is 1.88 bits per heavy atom. The topological polar surface area (TPSA) is 51.1 Å². The molecular weight excluding hydrogens is 507 g/mol. The van der Waals surface area contributed by atoms with Gasteiger partial charge in [-0.1, -0.05) is 28.1 Å². The number of hydrogen-bond acceptors (Lipinski definition) is 5. The van der Waals surface area contributed by atoms with Crippen LogP contribution in [0.5, 0.6) is 11.5 Å². The van der Waals surface area contributed by atoms with Crippen molar-refractivity contribution in [1.82, 2.24) is 4.90 Å². The minimum atomic E-state index is -0.307. The number of amidine groups is 1. The quantitative estimate of drug-likeness (QED) is 0.355. The Morgan fingerprint density at radius 1 is 1.15 bits per heavy atom. The first-order valence-corrected chi connectivity index (χ1v) is 12.4. The number of thioether (sulfide) groups is 1. The molecular formula is C25H28BrFN2O3S. The number of amides is 1. The second kappa shape index (κ2) is 11.2. The maximum atomic E-state index is 13.5. The highest BCUT2D eigenvalue weighted by atomic mass is 79.9. The number of carbonyl (C=O) groups excluding carboxylic acids is 1. The molecule has 3 rings (SSSR count). The van der Waals surface area contributed by atoms with Gasteiger partial charge in [0.1, 0.15) is 12.4 Å². The lowest BCUT2D eigenvalue weighted by atomic mass is 10.1. The molecule has 5 nitrogen and oxygen atoms in total. The van der Waals surface area contributed by atoms with Crippen LogP contribution < -0.4 is 9.47 Å². The largest absolute Gasteiger partial charge is 0.490 e. The first kappa shape index (κ1) is 25.3. The summed E-state index contributed by atoms with van der Waals surface area (Å²) >= 11 is 4.97. The zero-order chi connectivity index (χ0) is 24.1. The van der Waals surface area contributed by atoms with Gasteiger partial charge >= 0.3 is 0 Å². The third-order valence-corrected chi connectivity index (χ3v) is 6.34. The number of nitrogens with zero attached hydrogens (tertiary/aromatic N) is 2. The van der Waals surface area contributed by atoms with Gasteiger partial charge in [0.2, 0.25) is 0 Å². The van der Waals surface area contributed by atoms with E-state index in [4.69, 9.17) is 9.47 Å². The Bertz CT molecular complexity index is 1090. The molecule has 0 aromatic heterocycles. The first-order valence-electron chi connectivity index (χ1n) is 10.8. The van der Waals surface area contributed by atoms with Crippen LogP contribution >= 0.6 is 27.7 Å².